The Morgan fingerprint density at radius 1 is 1.29 bits per heavy atom. The van der Waals surface area contributed by atoms with Crippen molar-refractivity contribution < 1.29 is 14.7 Å². The molecule has 1 aromatic carbocycles. The molecule has 1 amide bonds. The van der Waals surface area contributed by atoms with Gasteiger partial charge >= 0.3 is 5.97 Å². The zero-order chi connectivity index (χ0) is 15.8. The molecule has 0 unspecified atom stereocenters. The van der Waals surface area contributed by atoms with Gasteiger partial charge in [0.2, 0.25) is 5.91 Å². The predicted molar refractivity (Wildman–Crippen MR) is 83.6 cm³/mol. The number of anilines is 1. The number of nitrogens with two attached hydrogens (primary N) is 1. The fraction of sp³-hybridized carbons (Fsp3) is 0.375. The van der Waals surface area contributed by atoms with Crippen LogP contribution in [0.15, 0.2) is 30.3 Å². The van der Waals surface area contributed by atoms with Crippen LogP contribution in [0.1, 0.15) is 32.3 Å². The van der Waals surface area contributed by atoms with E-state index in [0.717, 1.165) is 5.56 Å². The second kappa shape index (κ2) is 8.09. The standard InChI is InChI=1S/C16H22N2O3/c1-12(2)18(11-3-4-16(20)21)15(19)10-7-13-5-8-14(17)9-6-13/h5-10,12H,3-4,11,17H2,1-2H3,(H,20,21)/b10-7+. The van der Waals surface area contributed by atoms with Gasteiger partial charge in [-0.3, -0.25) is 9.59 Å². The highest BCUT2D eigenvalue weighted by atomic mass is 16.4. The van der Waals surface area contributed by atoms with Gasteiger partial charge in [0.15, 0.2) is 0 Å². The molecule has 3 N–H and O–H groups in total. The molecule has 0 aromatic heterocycles. The van der Waals surface area contributed by atoms with Crippen molar-refractivity contribution in [2.45, 2.75) is 32.7 Å². The molecule has 21 heavy (non-hydrogen) atoms. The van der Waals surface area contributed by atoms with Crippen LogP contribution in [0.5, 0.6) is 0 Å². The van der Waals surface area contributed by atoms with Crippen LogP contribution in [0, 0.1) is 0 Å². The third-order valence-electron chi connectivity index (χ3n) is 3.05. The number of benzene rings is 1. The molecule has 0 spiro atoms. The Morgan fingerprint density at radius 3 is 2.43 bits per heavy atom. The number of carboxylic acids is 1. The zero-order valence-electron chi connectivity index (χ0n) is 12.5. The fourth-order valence-electron chi connectivity index (χ4n) is 1.89. The highest BCUT2D eigenvalue weighted by molar-refractivity contribution is 5.92. The van der Waals surface area contributed by atoms with Crippen LogP contribution in [0.3, 0.4) is 0 Å². The number of carbonyl (C=O) groups is 2. The van der Waals surface area contributed by atoms with Gasteiger partial charge in [0, 0.05) is 30.8 Å². The van der Waals surface area contributed by atoms with Gasteiger partial charge < -0.3 is 15.7 Å². The van der Waals surface area contributed by atoms with Gasteiger partial charge in [-0.05, 0) is 44.0 Å². The molecule has 1 rings (SSSR count). The molecule has 0 aliphatic carbocycles. The van der Waals surface area contributed by atoms with Crippen LogP contribution in [0.4, 0.5) is 5.69 Å². The van der Waals surface area contributed by atoms with Crippen LogP contribution in [-0.4, -0.2) is 34.5 Å². The molecule has 0 aliphatic rings. The number of carboxylic acid groups (broad SMARTS) is 1. The fourth-order valence-corrected chi connectivity index (χ4v) is 1.89. The lowest BCUT2D eigenvalue weighted by Crippen LogP contribution is -2.36. The van der Waals surface area contributed by atoms with E-state index in [4.69, 9.17) is 10.8 Å². The van der Waals surface area contributed by atoms with Gasteiger partial charge in [-0.1, -0.05) is 12.1 Å². The van der Waals surface area contributed by atoms with E-state index in [9.17, 15) is 9.59 Å². The van der Waals surface area contributed by atoms with Gasteiger partial charge in [-0.2, -0.15) is 0 Å². The van der Waals surface area contributed by atoms with Crippen molar-refractivity contribution in [1.82, 2.24) is 4.90 Å². The van der Waals surface area contributed by atoms with Crippen molar-refractivity contribution in [3.63, 3.8) is 0 Å². The average molecular weight is 290 g/mol. The Bertz CT molecular complexity index is 507. The topological polar surface area (TPSA) is 83.6 Å². The Hall–Kier alpha value is -2.30. The summed E-state index contributed by atoms with van der Waals surface area (Å²) < 4.78 is 0. The zero-order valence-corrected chi connectivity index (χ0v) is 12.5. The number of rotatable bonds is 7. The summed E-state index contributed by atoms with van der Waals surface area (Å²) in [7, 11) is 0. The number of nitrogens with zero attached hydrogens (tertiary/aromatic N) is 1. The molecule has 1 aromatic rings. The summed E-state index contributed by atoms with van der Waals surface area (Å²) >= 11 is 0. The minimum atomic E-state index is -0.844. The molecular weight excluding hydrogens is 268 g/mol. The van der Waals surface area contributed by atoms with E-state index in [1.807, 2.05) is 26.0 Å². The van der Waals surface area contributed by atoms with E-state index in [-0.39, 0.29) is 18.4 Å². The van der Waals surface area contributed by atoms with Crippen LogP contribution in [0.25, 0.3) is 6.08 Å². The van der Waals surface area contributed by atoms with E-state index in [0.29, 0.717) is 18.7 Å². The van der Waals surface area contributed by atoms with Crippen molar-refractivity contribution in [2.75, 3.05) is 12.3 Å². The van der Waals surface area contributed by atoms with Crippen molar-refractivity contribution in [3.05, 3.63) is 35.9 Å². The monoisotopic (exact) mass is 290 g/mol. The number of amides is 1. The minimum absolute atomic E-state index is 0.0300. The van der Waals surface area contributed by atoms with Crippen molar-refractivity contribution in [2.24, 2.45) is 0 Å². The summed E-state index contributed by atoms with van der Waals surface area (Å²) in [5.41, 5.74) is 7.17. The van der Waals surface area contributed by atoms with Crippen LogP contribution >= 0.6 is 0 Å². The number of nitrogen functional groups attached to an aromatic ring is 1. The van der Waals surface area contributed by atoms with E-state index in [2.05, 4.69) is 0 Å². The molecule has 0 saturated heterocycles. The molecule has 5 heteroatoms. The van der Waals surface area contributed by atoms with Gasteiger partial charge in [0.25, 0.3) is 0 Å². The highest BCUT2D eigenvalue weighted by Gasteiger charge is 2.14. The maximum Gasteiger partial charge on any atom is 0.303 e. The molecule has 114 valence electrons. The first-order valence-electron chi connectivity index (χ1n) is 6.96. The summed E-state index contributed by atoms with van der Waals surface area (Å²) in [6, 6.07) is 7.25. The number of carbonyl (C=O) groups excluding carboxylic acids is 1. The first-order chi connectivity index (χ1) is 9.90. The summed E-state index contributed by atoms with van der Waals surface area (Å²) in [5.74, 6) is -0.962. The summed E-state index contributed by atoms with van der Waals surface area (Å²) in [6.07, 6.45) is 3.76. The van der Waals surface area contributed by atoms with Gasteiger partial charge in [-0.25, -0.2) is 0 Å². The third-order valence-corrected chi connectivity index (χ3v) is 3.05. The molecule has 0 atom stereocenters. The quantitative estimate of drug-likeness (QED) is 0.596. The number of aliphatic carboxylic acids is 1. The van der Waals surface area contributed by atoms with Gasteiger partial charge in [-0.15, -0.1) is 0 Å². The Balaban J connectivity index is 2.63. The molecule has 0 radical (unpaired) electrons. The molecule has 0 saturated carbocycles. The summed E-state index contributed by atoms with van der Waals surface area (Å²) in [4.78, 5) is 24.4. The molecule has 0 aliphatic heterocycles. The van der Waals surface area contributed by atoms with E-state index in [1.54, 1.807) is 23.1 Å². The molecule has 0 heterocycles. The second-order valence-corrected chi connectivity index (χ2v) is 5.12. The van der Waals surface area contributed by atoms with E-state index >= 15 is 0 Å². The van der Waals surface area contributed by atoms with Gasteiger partial charge in [0.05, 0.1) is 0 Å². The number of hydrogen-bond acceptors (Lipinski definition) is 3. The smallest absolute Gasteiger partial charge is 0.303 e. The average Bonchev–Trinajstić information content (AvgIpc) is 2.42. The Morgan fingerprint density at radius 2 is 1.90 bits per heavy atom. The lowest BCUT2D eigenvalue weighted by molar-refractivity contribution is -0.138. The highest BCUT2D eigenvalue weighted by Crippen LogP contribution is 2.09. The maximum absolute atomic E-state index is 12.2. The van der Waals surface area contributed by atoms with Crippen LogP contribution in [0.2, 0.25) is 0 Å². The minimum Gasteiger partial charge on any atom is -0.481 e. The van der Waals surface area contributed by atoms with Crippen LogP contribution < -0.4 is 5.73 Å². The first kappa shape index (κ1) is 16.8. The van der Waals surface area contributed by atoms with E-state index < -0.39 is 5.97 Å². The van der Waals surface area contributed by atoms with Crippen molar-refractivity contribution in [3.8, 4) is 0 Å². The normalized spacial score (nSPS) is 11.0. The Kier molecular flexibility index (Phi) is 6.46. The molecule has 0 bridgehead atoms. The summed E-state index contributed by atoms with van der Waals surface area (Å²) in [6.45, 7) is 4.26. The van der Waals surface area contributed by atoms with Gasteiger partial charge in [0.1, 0.15) is 0 Å². The first-order valence-corrected chi connectivity index (χ1v) is 6.96. The molecular formula is C16H22N2O3. The van der Waals surface area contributed by atoms with E-state index in [1.165, 1.54) is 6.08 Å². The maximum atomic E-state index is 12.2. The van der Waals surface area contributed by atoms with Crippen LogP contribution in [-0.2, 0) is 9.59 Å². The van der Waals surface area contributed by atoms with Crippen molar-refractivity contribution >= 4 is 23.6 Å². The Labute approximate surface area is 125 Å². The second-order valence-electron chi connectivity index (χ2n) is 5.12. The lowest BCUT2D eigenvalue weighted by Gasteiger charge is -2.25. The number of hydrogen-bond donors (Lipinski definition) is 2. The SMILES string of the molecule is CC(C)N(CCCC(=O)O)C(=O)/C=C/c1ccc(N)cc1. The predicted octanol–water partition coefficient (Wildman–Crippen LogP) is 2.38. The third kappa shape index (κ3) is 6.12. The lowest BCUT2D eigenvalue weighted by atomic mass is 10.2. The largest absolute Gasteiger partial charge is 0.481 e. The van der Waals surface area contributed by atoms with Crippen molar-refractivity contribution in [1.29, 1.82) is 0 Å². The summed E-state index contributed by atoms with van der Waals surface area (Å²) in [5, 5.41) is 8.65. The molecule has 5 nitrogen and oxygen atoms in total. The molecule has 0 fully saturated rings.